The molecule has 0 aliphatic heterocycles. The highest BCUT2D eigenvalue weighted by atomic mass is 79.9. The predicted octanol–water partition coefficient (Wildman–Crippen LogP) is 7.32. The zero-order valence-electron chi connectivity index (χ0n) is 27.5. The summed E-state index contributed by atoms with van der Waals surface area (Å²) >= 11 is 5.02. The van der Waals surface area contributed by atoms with Crippen LogP contribution in [0.4, 0.5) is 5.69 Å². The average Bonchev–Trinajstić information content (AvgIpc) is 3.09. The molecule has 48 heavy (non-hydrogen) atoms. The van der Waals surface area contributed by atoms with Gasteiger partial charge >= 0.3 is 0 Å². The summed E-state index contributed by atoms with van der Waals surface area (Å²) < 4.78 is 36.6. The molecule has 0 spiro atoms. The molecular weight excluding hydrogens is 710 g/mol. The Hall–Kier alpha value is -3.80. The maximum absolute atomic E-state index is 14.7. The Bertz CT molecular complexity index is 1750. The van der Waals surface area contributed by atoms with E-state index in [9.17, 15) is 18.0 Å². The Morgan fingerprint density at radius 1 is 0.896 bits per heavy atom. The minimum Gasteiger partial charge on any atom is -0.492 e. The Balaban J connectivity index is 1.83. The largest absolute Gasteiger partial charge is 0.492 e. The number of amides is 2. The molecule has 11 heteroatoms. The molecule has 0 radical (unpaired) electrons. The van der Waals surface area contributed by atoms with E-state index in [2.05, 4.69) is 21.2 Å². The minimum absolute atomic E-state index is 0.0380. The van der Waals surface area contributed by atoms with Crippen molar-refractivity contribution in [1.29, 1.82) is 0 Å². The van der Waals surface area contributed by atoms with Crippen molar-refractivity contribution in [3.05, 3.63) is 119 Å². The molecule has 0 saturated carbocycles. The molecule has 2 amide bonds. The summed E-state index contributed by atoms with van der Waals surface area (Å²) in [5.41, 5.74) is 1.89. The zero-order chi connectivity index (χ0) is 34.5. The molecule has 0 aliphatic carbocycles. The van der Waals surface area contributed by atoms with Crippen molar-refractivity contribution in [2.24, 2.45) is 0 Å². The van der Waals surface area contributed by atoms with Gasteiger partial charge < -0.3 is 15.0 Å². The van der Waals surface area contributed by atoms with E-state index >= 15 is 0 Å². The van der Waals surface area contributed by atoms with Gasteiger partial charge in [0, 0.05) is 28.9 Å². The van der Waals surface area contributed by atoms with Crippen LogP contribution in [0.25, 0.3) is 0 Å². The van der Waals surface area contributed by atoms with Crippen LogP contribution < -0.4 is 14.4 Å². The molecule has 0 aliphatic rings. The van der Waals surface area contributed by atoms with E-state index in [-0.39, 0.29) is 29.5 Å². The number of anilines is 1. The van der Waals surface area contributed by atoms with Gasteiger partial charge in [-0.25, -0.2) is 8.42 Å². The number of nitrogens with one attached hydrogen (secondary N) is 1. The highest BCUT2D eigenvalue weighted by molar-refractivity contribution is 9.10. The van der Waals surface area contributed by atoms with Gasteiger partial charge in [0.2, 0.25) is 11.8 Å². The van der Waals surface area contributed by atoms with Crippen LogP contribution in [0.3, 0.4) is 0 Å². The molecule has 0 unspecified atom stereocenters. The topological polar surface area (TPSA) is 96.0 Å². The van der Waals surface area contributed by atoms with Gasteiger partial charge in [-0.15, -0.1) is 11.8 Å². The summed E-state index contributed by atoms with van der Waals surface area (Å²) in [5, 5.41) is 3.02. The number of unbranched alkanes of at least 4 members (excludes halogenated alkanes) is 1. The maximum atomic E-state index is 14.7. The van der Waals surface area contributed by atoms with Crippen LogP contribution >= 0.6 is 27.7 Å². The number of benzene rings is 4. The average molecular weight is 753 g/mol. The molecule has 0 heterocycles. The summed E-state index contributed by atoms with van der Waals surface area (Å²) in [4.78, 5) is 31.1. The number of rotatable bonds is 17. The van der Waals surface area contributed by atoms with Crippen LogP contribution in [0.2, 0.25) is 0 Å². The molecule has 4 rings (SSSR count). The van der Waals surface area contributed by atoms with Crippen molar-refractivity contribution in [3.8, 4) is 5.75 Å². The van der Waals surface area contributed by atoms with Gasteiger partial charge in [-0.2, -0.15) is 0 Å². The lowest BCUT2D eigenvalue weighted by Gasteiger charge is -2.34. The lowest BCUT2D eigenvalue weighted by molar-refractivity contribution is -0.140. The van der Waals surface area contributed by atoms with Gasteiger partial charge in [0.05, 0.1) is 17.2 Å². The van der Waals surface area contributed by atoms with Gasteiger partial charge in [0.1, 0.15) is 18.3 Å². The SMILES string of the molecule is CCCCNC(=O)[C@H](Cc1ccccc1)N(Cc1cccc(Br)c1)C(=O)CN(c1ccccc1OCC)S(=O)(=O)c1ccc(SC)cc1. The second kappa shape index (κ2) is 18.1. The predicted molar refractivity (Wildman–Crippen MR) is 197 cm³/mol. The third-order valence-corrected chi connectivity index (χ3v) is 10.7. The standard InChI is InChI=1S/C37H42BrN3O5S2/c1-4-6-23-39-37(43)34(25-28-13-8-7-9-14-28)40(26-29-15-12-16-30(38)24-29)36(42)27-41(33-17-10-11-18-35(33)46-5-2)48(44,45)32-21-19-31(47-3)20-22-32/h7-22,24,34H,4-6,23,25-27H2,1-3H3,(H,39,43)/t34-/m0/s1. The van der Waals surface area contributed by atoms with Crippen molar-refractivity contribution in [2.45, 2.75) is 55.5 Å². The number of halogens is 1. The molecule has 0 fully saturated rings. The van der Waals surface area contributed by atoms with Crippen LogP contribution in [0, 0.1) is 0 Å². The number of para-hydroxylation sites is 2. The lowest BCUT2D eigenvalue weighted by Crippen LogP contribution is -2.53. The third kappa shape index (κ3) is 9.87. The fraction of sp³-hybridized carbons (Fsp3) is 0.297. The quantitative estimate of drug-likeness (QED) is 0.0898. The van der Waals surface area contributed by atoms with Gasteiger partial charge in [0.25, 0.3) is 10.0 Å². The van der Waals surface area contributed by atoms with Crippen molar-refractivity contribution in [2.75, 3.05) is 30.3 Å². The molecule has 0 saturated heterocycles. The van der Waals surface area contributed by atoms with Gasteiger partial charge in [-0.05, 0) is 79.3 Å². The summed E-state index contributed by atoms with van der Waals surface area (Å²) in [6, 6.07) is 29.5. The van der Waals surface area contributed by atoms with E-state index in [0.717, 1.165) is 37.6 Å². The zero-order valence-corrected chi connectivity index (χ0v) is 30.7. The van der Waals surface area contributed by atoms with E-state index in [0.29, 0.717) is 18.9 Å². The fourth-order valence-electron chi connectivity index (χ4n) is 5.22. The van der Waals surface area contributed by atoms with E-state index in [4.69, 9.17) is 4.74 Å². The summed E-state index contributed by atoms with van der Waals surface area (Å²) in [5.74, 6) is -0.502. The van der Waals surface area contributed by atoms with Gasteiger partial charge in [-0.3, -0.25) is 13.9 Å². The molecule has 8 nitrogen and oxygen atoms in total. The maximum Gasteiger partial charge on any atom is 0.264 e. The summed E-state index contributed by atoms with van der Waals surface area (Å²) in [6.45, 7) is 4.15. The van der Waals surface area contributed by atoms with Crippen molar-refractivity contribution < 1.29 is 22.7 Å². The molecule has 4 aromatic carbocycles. The number of nitrogens with zero attached hydrogens (tertiary/aromatic N) is 2. The Kier molecular flexibility index (Phi) is 14.0. The Labute approximate surface area is 297 Å². The van der Waals surface area contributed by atoms with Crippen molar-refractivity contribution >= 4 is 55.2 Å². The second-order valence-electron chi connectivity index (χ2n) is 11.1. The molecule has 254 valence electrons. The third-order valence-electron chi connectivity index (χ3n) is 7.70. The first-order valence-corrected chi connectivity index (χ1v) is 19.4. The van der Waals surface area contributed by atoms with Crippen LogP contribution in [0.5, 0.6) is 5.75 Å². The Morgan fingerprint density at radius 3 is 2.25 bits per heavy atom. The van der Waals surface area contributed by atoms with E-state index < -0.39 is 28.5 Å². The molecule has 1 atom stereocenters. The van der Waals surface area contributed by atoms with E-state index in [1.54, 1.807) is 48.5 Å². The smallest absolute Gasteiger partial charge is 0.264 e. The number of hydrogen-bond acceptors (Lipinski definition) is 6. The molecule has 4 aromatic rings. The highest BCUT2D eigenvalue weighted by Crippen LogP contribution is 2.33. The van der Waals surface area contributed by atoms with Crippen molar-refractivity contribution in [3.63, 3.8) is 0 Å². The first kappa shape index (κ1) is 37.0. The molecule has 0 aromatic heterocycles. The first-order valence-electron chi connectivity index (χ1n) is 15.9. The second-order valence-corrected chi connectivity index (χ2v) is 14.7. The number of thioether (sulfide) groups is 1. The monoisotopic (exact) mass is 751 g/mol. The molecule has 1 N–H and O–H groups in total. The van der Waals surface area contributed by atoms with E-state index in [1.807, 2.05) is 74.7 Å². The van der Waals surface area contributed by atoms with Crippen LogP contribution in [0.15, 0.2) is 117 Å². The number of hydrogen-bond donors (Lipinski definition) is 1. The highest BCUT2D eigenvalue weighted by Gasteiger charge is 2.35. The van der Waals surface area contributed by atoms with Crippen LogP contribution in [-0.2, 0) is 32.6 Å². The molecular formula is C37H42BrN3O5S2. The minimum atomic E-state index is -4.26. The lowest BCUT2D eigenvalue weighted by atomic mass is 10.0. The Morgan fingerprint density at radius 2 is 1.58 bits per heavy atom. The number of ether oxygens (including phenoxy) is 1. The summed E-state index contributed by atoms with van der Waals surface area (Å²) in [6.07, 6.45) is 3.85. The van der Waals surface area contributed by atoms with E-state index in [1.165, 1.54) is 16.7 Å². The summed E-state index contributed by atoms with van der Waals surface area (Å²) in [7, 11) is -4.26. The normalized spacial score (nSPS) is 11.8. The number of carbonyl (C=O) groups excluding carboxylic acids is 2. The van der Waals surface area contributed by atoms with Gasteiger partial charge in [-0.1, -0.05) is 83.9 Å². The van der Waals surface area contributed by atoms with Gasteiger partial charge in [0.15, 0.2) is 0 Å². The fourth-order valence-corrected chi connectivity index (χ4v) is 7.50. The first-order chi connectivity index (χ1) is 23.2. The number of sulfonamides is 1. The van der Waals surface area contributed by atoms with Crippen molar-refractivity contribution in [1.82, 2.24) is 10.2 Å². The van der Waals surface area contributed by atoms with Crippen LogP contribution in [0.1, 0.15) is 37.8 Å². The number of carbonyl (C=O) groups is 2. The van der Waals surface area contributed by atoms with Crippen LogP contribution in [-0.4, -0.2) is 57.1 Å². The molecule has 0 bridgehead atoms.